The van der Waals surface area contributed by atoms with Crippen LogP contribution >= 0.6 is 24.0 Å². The monoisotopic (exact) mass is 492 g/mol. The number of aliphatic imine (C=N–C) groups is 1. The first-order valence-electron chi connectivity index (χ1n) is 9.18. The predicted molar refractivity (Wildman–Crippen MR) is 120 cm³/mol. The van der Waals surface area contributed by atoms with Gasteiger partial charge in [0, 0.05) is 50.9 Å². The van der Waals surface area contributed by atoms with Crippen LogP contribution in [-0.4, -0.2) is 45.9 Å². The van der Waals surface area contributed by atoms with Crippen LogP contribution in [0.4, 0.5) is 0 Å². The summed E-state index contributed by atoms with van der Waals surface area (Å²) in [6.45, 7) is 2.47. The van der Waals surface area contributed by atoms with Crippen molar-refractivity contribution >= 4 is 29.9 Å². The maximum atomic E-state index is 5.47. The van der Waals surface area contributed by atoms with Crippen molar-refractivity contribution in [2.24, 2.45) is 12.0 Å². The Balaban J connectivity index is 0.00000225. The molecule has 1 N–H and O–H groups in total. The first-order chi connectivity index (χ1) is 13.2. The molecule has 1 atom stereocenters. The number of rotatable bonds is 4. The van der Waals surface area contributed by atoms with Crippen molar-refractivity contribution in [2.75, 3.05) is 20.1 Å². The summed E-state index contributed by atoms with van der Waals surface area (Å²) in [6.07, 6.45) is 5.17. The lowest BCUT2D eigenvalue weighted by Gasteiger charge is -2.21. The van der Waals surface area contributed by atoms with Crippen molar-refractivity contribution in [3.8, 4) is 11.3 Å². The Morgan fingerprint density at radius 3 is 2.86 bits per heavy atom. The minimum absolute atomic E-state index is 0. The zero-order chi connectivity index (χ0) is 18.6. The van der Waals surface area contributed by atoms with E-state index < -0.39 is 0 Å². The second-order valence-corrected chi connectivity index (χ2v) is 6.82. The summed E-state index contributed by atoms with van der Waals surface area (Å²) in [7, 11) is 3.77. The summed E-state index contributed by atoms with van der Waals surface area (Å²) < 4.78 is 7.33. The minimum Gasteiger partial charge on any atom is -0.359 e. The van der Waals surface area contributed by atoms with Gasteiger partial charge in [0.05, 0.1) is 12.7 Å². The van der Waals surface area contributed by atoms with Crippen LogP contribution in [-0.2, 0) is 13.6 Å². The number of nitrogens with one attached hydrogen (secondary N) is 1. The van der Waals surface area contributed by atoms with Crippen molar-refractivity contribution < 1.29 is 4.52 Å². The Labute approximate surface area is 181 Å². The Hall–Kier alpha value is -2.36. The summed E-state index contributed by atoms with van der Waals surface area (Å²) in [5.74, 6) is 2.17. The number of benzene rings is 1. The zero-order valence-corrected chi connectivity index (χ0v) is 18.4. The molecule has 0 radical (unpaired) electrons. The van der Waals surface area contributed by atoms with Crippen LogP contribution in [0.15, 0.2) is 58.3 Å². The highest BCUT2D eigenvalue weighted by molar-refractivity contribution is 14.0. The van der Waals surface area contributed by atoms with Crippen LogP contribution in [0.3, 0.4) is 0 Å². The molecule has 1 aliphatic rings. The number of guanidine groups is 1. The number of halogens is 1. The molecule has 2 aromatic heterocycles. The highest BCUT2D eigenvalue weighted by atomic mass is 127. The third-order valence-electron chi connectivity index (χ3n) is 4.95. The molecule has 3 aromatic rings. The first kappa shape index (κ1) is 20.4. The zero-order valence-electron chi connectivity index (χ0n) is 16.1. The lowest BCUT2D eigenvalue weighted by Crippen LogP contribution is -2.39. The van der Waals surface area contributed by atoms with Crippen LogP contribution in [0.2, 0.25) is 0 Å². The van der Waals surface area contributed by atoms with Gasteiger partial charge in [-0.1, -0.05) is 35.5 Å². The molecule has 0 amide bonds. The fourth-order valence-electron chi connectivity index (χ4n) is 3.52. The third-order valence-corrected chi connectivity index (χ3v) is 4.95. The molecule has 3 heterocycles. The lowest BCUT2D eigenvalue weighted by molar-refractivity contribution is 0.378. The molecule has 1 aliphatic heterocycles. The molecular formula is C20H25IN6O. The highest BCUT2D eigenvalue weighted by Gasteiger charge is 2.27. The normalized spacial score (nSPS) is 16.9. The summed E-state index contributed by atoms with van der Waals surface area (Å²) in [5, 5.41) is 11.8. The largest absolute Gasteiger partial charge is 0.359 e. The smallest absolute Gasteiger partial charge is 0.194 e. The van der Waals surface area contributed by atoms with Gasteiger partial charge in [0.25, 0.3) is 0 Å². The van der Waals surface area contributed by atoms with Crippen molar-refractivity contribution in [3.05, 3.63) is 60.1 Å². The molecule has 28 heavy (non-hydrogen) atoms. The van der Waals surface area contributed by atoms with Crippen molar-refractivity contribution in [3.63, 3.8) is 0 Å². The van der Waals surface area contributed by atoms with E-state index in [1.54, 1.807) is 0 Å². The third kappa shape index (κ3) is 4.54. The van der Waals surface area contributed by atoms with Gasteiger partial charge in [-0.05, 0) is 12.0 Å². The number of aromatic nitrogens is 3. The molecule has 0 spiro atoms. The average molecular weight is 492 g/mol. The maximum Gasteiger partial charge on any atom is 0.194 e. The Bertz CT molecular complexity index is 920. The number of likely N-dealkylation sites (tertiary alicyclic amines) is 1. The summed E-state index contributed by atoms with van der Waals surface area (Å²) in [6, 6.07) is 12.0. The lowest BCUT2D eigenvalue weighted by atomic mass is 10.0. The van der Waals surface area contributed by atoms with Gasteiger partial charge in [-0.3, -0.25) is 9.67 Å². The Morgan fingerprint density at radius 1 is 1.32 bits per heavy atom. The van der Waals surface area contributed by atoms with Crippen LogP contribution in [0, 0.1) is 0 Å². The summed E-state index contributed by atoms with van der Waals surface area (Å²) in [5.41, 5.74) is 3.19. The van der Waals surface area contributed by atoms with Crippen LogP contribution in [0.5, 0.6) is 0 Å². The molecule has 0 bridgehead atoms. The van der Waals surface area contributed by atoms with E-state index in [0.29, 0.717) is 12.5 Å². The summed E-state index contributed by atoms with van der Waals surface area (Å²) >= 11 is 0. The van der Waals surface area contributed by atoms with Gasteiger partial charge in [0.1, 0.15) is 5.69 Å². The summed E-state index contributed by atoms with van der Waals surface area (Å²) in [4.78, 5) is 6.72. The molecular weight excluding hydrogens is 467 g/mol. The van der Waals surface area contributed by atoms with E-state index in [1.807, 2.05) is 61.4 Å². The molecule has 4 rings (SSSR count). The van der Waals surface area contributed by atoms with Gasteiger partial charge in [0.2, 0.25) is 0 Å². The van der Waals surface area contributed by atoms with Gasteiger partial charge in [0.15, 0.2) is 11.7 Å². The number of hydrogen-bond donors (Lipinski definition) is 1. The molecule has 1 saturated heterocycles. The number of hydrogen-bond acceptors (Lipinski definition) is 4. The standard InChI is InChI=1S/C20H24N6O.HI/c1-21-20(26-9-8-16(14-26)17-11-23-25(2)13-17)22-12-18-10-19(24-27-18)15-6-4-3-5-7-15;/h3-7,10-11,13,16H,8-9,12,14H2,1-2H3,(H,21,22);1H. The van der Waals surface area contributed by atoms with E-state index in [4.69, 9.17) is 4.52 Å². The molecule has 7 nitrogen and oxygen atoms in total. The second kappa shape index (κ2) is 9.22. The SMILES string of the molecule is CN=C(NCc1cc(-c2ccccc2)no1)N1CCC(c2cnn(C)c2)C1.I. The van der Waals surface area contributed by atoms with Gasteiger partial charge < -0.3 is 14.7 Å². The Morgan fingerprint density at radius 2 is 2.14 bits per heavy atom. The number of aryl methyl sites for hydroxylation is 1. The molecule has 0 saturated carbocycles. The predicted octanol–water partition coefficient (Wildman–Crippen LogP) is 3.26. The van der Waals surface area contributed by atoms with Crippen LogP contribution < -0.4 is 5.32 Å². The van der Waals surface area contributed by atoms with Gasteiger partial charge in [-0.15, -0.1) is 24.0 Å². The topological polar surface area (TPSA) is 71.5 Å². The van der Waals surface area contributed by atoms with Gasteiger partial charge >= 0.3 is 0 Å². The molecule has 0 aliphatic carbocycles. The maximum absolute atomic E-state index is 5.47. The quantitative estimate of drug-likeness (QED) is 0.344. The fourth-order valence-corrected chi connectivity index (χ4v) is 3.52. The van der Waals surface area contributed by atoms with Crippen molar-refractivity contribution in [2.45, 2.75) is 18.9 Å². The second-order valence-electron chi connectivity index (χ2n) is 6.82. The first-order valence-corrected chi connectivity index (χ1v) is 9.18. The molecule has 1 fully saturated rings. The van der Waals surface area contributed by atoms with Gasteiger partial charge in [-0.2, -0.15) is 5.10 Å². The minimum atomic E-state index is 0. The number of nitrogens with zero attached hydrogens (tertiary/aromatic N) is 5. The highest BCUT2D eigenvalue weighted by Crippen LogP contribution is 2.26. The van der Waals surface area contributed by atoms with E-state index in [1.165, 1.54) is 5.56 Å². The van der Waals surface area contributed by atoms with Crippen molar-refractivity contribution in [1.82, 2.24) is 25.2 Å². The van der Waals surface area contributed by atoms with Gasteiger partial charge in [-0.25, -0.2) is 0 Å². The van der Waals surface area contributed by atoms with E-state index in [-0.39, 0.29) is 24.0 Å². The molecule has 148 valence electrons. The van der Waals surface area contributed by atoms with Crippen LogP contribution in [0.25, 0.3) is 11.3 Å². The molecule has 1 aromatic carbocycles. The van der Waals surface area contributed by atoms with E-state index >= 15 is 0 Å². The molecule has 1 unspecified atom stereocenters. The Kier molecular flexibility index (Phi) is 6.71. The molecule has 8 heteroatoms. The van der Waals surface area contributed by atoms with Crippen molar-refractivity contribution in [1.29, 1.82) is 0 Å². The van der Waals surface area contributed by atoms with E-state index in [9.17, 15) is 0 Å². The van der Waals surface area contributed by atoms with E-state index in [0.717, 1.165) is 42.5 Å². The average Bonchev–Trinajstić information content (AvgIpc) is 3.44. The fraction of sp³-hybridized carbons (Fsp3) is 0.350. The van der Waals surface area contributed by atoms with E-state index in [2.05, 4.69) is 31.7 Å². The van der Waals surface area contributed by atoms with Crippen LogP contribution in [0.1, 0.15) is 23.7 Å².